The van der Waals surface area contributed by atoms with Gasteiger partial charge in [0.25, 0.3) is 0 Å². The molecule has 2 fully saturated rings. The molecule has 106 valence electrons. The van der Waals surface area contributed by atoms with E-state index >= 15 is 0 Å². The lowest BCUT2D eigenvalue weighted by Gasteiger charge is -2.16. The molecule has 7 heteroatoms. The highest BCUT2D eigenvalue weighted by atomic mass is 127. The van der Waals surface area contributed by atoms with E-state index in [1.807, 2.05) is 6.92 Å². The van der Waals surface area contributed by atoms with E-state index in [-0.39, 0.29) is 35.8 Å². The van der Waals surface area contributed by atoms with Gasteiger partial charge in [-0.3, -0.25) is 4.99 Å². The summed E-state index contributed by atoms with van der Waals surface area (Å²) in [5.74, 6) is 2.00. The Morgan fingerprint density at radius 3 is 2.50 bits per heavy atom. The summed E-state index contributed by atoms with van der Waals surface area (Å²) in [5.41, 5.74) is 0. The van der Waals surface area contributed by atoms with E-state index in [9.17, 15) is 8.42 Å². The molecule has 1 saturated heterocycles. The molecule has 3 unspecified atom stereocenters. The van der Waals surface area contributed by atoms with E-state index < -0.39 is 9.84 Å². The van der Waals surface area contributed by atoms with Crippen molar-refractivity contribution in [1.82, 2.24) is 10.6 Å². The number of halogens is 1. The van der Waals surface area contributed by atoms with E-state index in [1.54, 1.807) is 0 Å². The first-order valence-corrected chi connectivity index (χ1v) is 8.10. The number of hydrogen-bond acceptors (Lipinski definition) is 3. The summed E-state index contributed by atoms with van der Waals surface area (Å²) >= 11 is 0. The van der Waals surface area contributed by atoms with Crippen molar-refractivity contribution in [3.8, 4) is 0 Å². The Labute approximate surface area is 126 Å². The van der Waals surface area contributed by atoms with Crippen LogP contribution in [0.5, 0.6) is 0 Å². The number of guanidine groups is 1. The van der Waals surface area contributed by atoms with Crippen LogP contribution in [0.15, 0.2) is 4.99 Å². The highest BCUT2D eigenvalue weighted by molar-refractivity contribution is 14.0. The largest absolute Gasteiger partial charge is 0.353 e. The molecule has 0 bridgehead atoms. The van der Waals surface area contributed by atoms with Crippen LogP contribution in [0.4, 0.5) is 0 Å². The fourth-order valence-electron chi connectivity index (χ4n) is 2.09. The fraction of sp³-hybridized carbons (Fsp3) is 0.909. The van der Waals surface area contributed by atoms with Gasteiger partial charge in [-0.2, -0.15) is 0 Å². The van der Waals surface area contributed by atoms with Gasteiger partial charge in [0.15, 0.2) is 15.8 Å². The first-order chi connectivity index (χ1) is 8.00. The van der Waals surface area contributed by atoms with Crippen molar-refractivity contribution in [1.29, 1.82) is 0 Å². The van der Waals surface area contributed by atoms with E-state index in [4.69, 9.17) is 0 Å². The molecule has 3 atom stereocenters. The predicted octanol–water partition coefficient (Wildman–Crippen LogP) is 0.755. The van der Waals surface area contributed by atoms with Gasteiger partial charge in [-0.05, 0) is 25.7 Å². The maximum absolute atomic E-state index is 11.4. The van der Waals surface area contributed by atoms with E-state index in [0.717, 1.165) is 5.96 Å². The number of rotatable bonds is 3. The summed E-state index contributed by atoms with van der Waals surface area (Å²) in [4.78, 5) is 4.35. The minimum absolute atomic E-state index is 0. The Morgan fingerprint density at radius 2 is 2.06 bits per heavy atom. The van der Waals surface area contributed by atoms with Gasteiger partial charge in [-0.15, -0.1) is 24.0 Å². The van der Waals surface area contributed by atoms with E-state index in [2.05, 4.69) is 22.5 Å². The molecule has 0 radical (unpaired) electrons. The molecule has 5 nitrogen and oxygen atoms in total. The molecular formula is C11H22IN3O2S. The third-order valence-electron chi connectivity index (χ3n) is 3.32. The highest BCUT2D eigenvalue weighted by Crippen LogP contribution is 2.28. The van der Waals surface area contributed by atoms with Gasteiger partial charge in [0, 0.05) is 18.6 Å². The highest BCUT2D eigenvalue weighted by Gasteiger charge is 2.34. The van der Waals surface area contributed by atoms with Crippen molar-refractivity contribution < 1.29 is 8.42 Å². The Bertz CT molecular complexity index is 411. The van der Waals surface area contributed by atoms with Crippen LogP contribution in [-0.4, -0.2) is 44.5 Å². The SMILES string of the molecule is CCN=C(NC1CCS(=O)(=O)C1)NC1CC1C.I. The molecule has 2 aliphatic rings. The zero-order chi connectivity index (χ0) is 12.5. The molecule has 0 amide bonds. The second-order valence-electron chi connectivity index (χ2n) is 5.03. The number of nitrogens with zero attached hydrogens (tertiary/aromatic N) is 1. The fourth-order valence-corrected chi connectivity index (χ4v) is 3.77. The molecule has 18 heavy (non-hydrogen) atoms. The second kappa shape index (κ2) is 6.40. The average molecular weight is 387 g/mol. The maximum Gasteiger partial charge on any atom is 0.191 e. The monoisotopic (exact) mass is 387 g/mol. The molecule has 2 rings (SSSR count). The molecule has 2 N–H and O–H groups in total. The molecule has 1 aliphatic carbocycles. The smallest absolute Gasteiger partial charge is 0.191 e. The minimum atomic E-state index is -2.82. The van der Waals surface area contributed by atoms with Gasteiger partial charge < -0.3 is 10.6 Å². The Hall–Kier alpha value is -0.0500. The third kappa shape index (κ3) is 4.56. The number of sulfone groups is 1. The molecule has 0 aromatic heterocycles. The third-order valence-corrected chi connectivity index (χ3v) is 5.09. The molecular weight excluding hydrogens is 365 g/mol. The van der Waals surface area contributed by atoms with Crippen LogP contribution in [0.25, 0.3) is 0 Å². The normalized spacial score (nSPS) is 33.7. The molecule has 1 saturated carbocycles. The van der Waals surface area contributed by atoms with Crippen LogP contribution in [0.3, 0.4) is 0 Å². The summed E-state index contributed by atoms with van der Waals surface area (Å²) in [6.45, 7) is 4.88. The van der Waals surface area contributed by atoms with Gasteiger partial charge >= 0.3 is 0 Å². The molecule has 1 aliphatic heterocycles. The zero-order valence-corrected chi connectivity index (χ0v) is 14.0. The lowest BCUT2D eigenvalue weighted by molar-refractivity contribution is 0.599. The van der Waals surface area contributed by atoms with E-state index in [0.29, 0.717) is 30.7 Å². The number of hydrogen-bond donors (Lipinski definition) is 2. The lowest BCUT2D eigenvalue weighted by Crippen LogP contribution is -2.45. The van der Waals surface area contributed by atoms with Crippen LogP contribution in [-0.2, 0) is 9.84 Å². The van der Waals surface area contributed by atoms with Crippen molar-refractivity contribution in [3.63, 3.8) is 0 Å². The Balaban J connectivity index is 0.00000162. The topological polar surface area (TPSA) is 70.6 Å². The summed E-state index contributed by atoms with van der Waals surface area (Å²) < 4.78 is 22.7. The molecule has 1 heterocycles. The van der Waals surface area contributed by atoms with Crippen LogP contribution < -0.4 is 10.6 Å². The average Bonchev–Trinajstić information content (AvgIpc) is 2.79. The summed E-state index contributed by atoms with van der Waals surface area (Å²) in [6, 6.07) is 0.526. The number of aliphatic imine (C=N–C) groups is 1. The van der Waals surface area contributed by atoms with Crippen LogP contribution >= 0.6 is 24.0 Å². The van der Waals surface area contributed by atoms with Crippen molar-refractivity contribution in [2.45, 2.75) is 38.8 Å². The molecule has 0 aromatic rings. The zero-order valence-electron chi connectivity index (χ0n) is 10.8. The second-order valence-corrected chi connectivity index (χ2v) is 7.26. The summed E-state index contributed by atoms with van der Waals surface area (Å²) in [6.07, 6.45) is 1.86. The van der Waals surface area contributed by atoms with Gasteiger partial charge in [0.2, 0.25) is 0 Å². The van der Waals surface area contributed by atoms with Gasteiger partial charge in [-0.1, -0.05) is 6.92 Å². The van der Waals surface area contributed by atoms with Crippen molar-refractivity contribution in [2.24, 2.45) is 10.9 Å². The summed E-state index contributed by atoms with van der Waals surface area (Å²) in [5, 5.41) is 6.56. The summed E-state index contributed by atoms with van der Waals surface area (Å²) in [7, 11) is -2.82. The van der Waals surface area contributed by atoms with Gasteiger partial charge in [-0.25, -0.2) is 8.42 Å². The number of nitrogens with one attached hydrogen (secondary N) is 2. The first kappa shape index (κ1) is 16.0. The Morgan fingerprint density at radius 1 is 1.39 bits per heavy atom. The first-order valence-electron chi connectivity index (χ1n) is 6.28. The van der Waals surface area contributed by atoms with E-state index in [1.165, 1.54) is 6.42 Å². The van der Waals surface area contributed by atoms with Crippen LogP contribution in [0.1, 0.15) is 26.7 Å². The molecule has 0 spiro atoms. The molecule has 0 aromatic carbocycles. The standard InChI is InChI=1S/C11H21N3O2S.HI/c1-3-12-11(14-10-6-8(10)2)13-9-4-5-17(15,16)7-9;/h8-10H,3-7H2,1-2H3,(H2,12,13,14);1H. The maximum atomic E-state index is 11.4. The minimum Gasteiger partial charge on any atom is -0.353 e. The van der Waals surface area contributed by atoms with Crippen LogP contribution in [0, 0.1) is 5.92 Å². The Kier molecular flexibility index (Phi) is 5.69. The van der Waals surface area contributed by atoms with Crippen molar-refractivity contribution in [3.05, 3.63) is 0 Å². The van der Waals surface area contributed by atoms with Gasteiger partial charge in [0.05, 0.1) is 11.5 Å². The lowest BCUT2D eigenvalue weighted by atomic mass is 10.3. The van der Waals surface area contributed by atoms with Crippen LogP contribution in [0.2, 0.25) is 0 Å². The van der Waals surface area contributed by atoms with Crippen molar-refractivity contribution in [2.75, 3.05) is 18.1 Å². The van der Waals surface area contributed by atoms with Crippen molar-refractivity contribution >= 4 is 39.8 Å². The quantitative estimate of drug-likeness (QED) is 0.426. The van der Waals surface area contributed by atoms with Gasteiger partial charge in [0.1, 0.15) is 0 Å². The predicted molar refractivity (Wildman–Crippen MR) is 84.3 cm³/mol.